The van der Waals surface area contributed by atoms with Gasteiger partial charge >= 0.3 is 5.63 Å². The van der Waals surface area contributed by atoms with Crippen LogP contribution in [-0.4, -0.2) is 32.5 Å². The molecule has 26 heavy (non-hydrogen) atoms. The Morgan fingerprint density at radius 3 is 2.65 bits per heavy atom. The Hall–Kier alpha value is -2.11. The molecule has 0 bridgehead atoms. The summed E-state index contributed by atoms with van der Waals surface area (Å²) in [7, 11) is 3.42. The maximum atomic E-state index is 11.3. The number of methoxy groups -OCH3 is 2. The lowest BCUT2D eigenvalue weighted by molar-refractivity contribution is -0.0970. The molecular formula is C21H28O5. The van der Waals surface area contributed by atoms with Crippen LogP contribution >= 0.6 is 0 Å². The molecule has 0 N–H and O–H groups in total. The molecule has 0 fully saturated rings. The standard InChI is InChI=1S/C21H28O5/c1-15(6-10-19(23-4)21(2,3)24-5)12-13-25-17-9-7-16-8-11-20(22)26-18(16)14-17/h7-9,11-12,14,19H,6,10,13H2,1-5H3. The third kappa shape index (κ3) is 5.44. The number of hydrogen-bond acceptors (Lipinski definition) is 5. The number of ether oxygens (including phenoxy) is 3. The fourth-order valence-electron chi connectivity index (χ4n) is 2.75. The highest BCUT2D eigenvalue weighted by atomic mass is 16.5. The predicted molar refractivity (Wildman–Crippen MR) is 103 cm³/mol. The first kappa shape index (κ1) is 20.2. The normalized spacial score (nSPS) is 13.8. The van der Waals surface area contributed by atoms with Gasteiger partial charge in [-0.3, -0.25) is 0 Å². The molecule has 1 heterocycles. The zero-order valence-corrected chi connectivity index (χ0v) is 16.2. The van der Waals surface area contributed by atoms with Crippen LogP contribution in [-0.2, 0) is 9.47 Å². The third-order valence-electron chi connectivity index (χ3n) is 4.66. The van der Waals surface area contributed by atoms with E-state index in [2.05, 4.69) is 13.0 Å². The molecule has 0 saturated heterocycles. The average Bonchev–Trinajstić information content (AvgIpc) is 2.61. The van der Waals surface area contributed by atoms with E-state index in [0.717, 1.165) is 18.2 Å². The molecule has 2 aromatic rings. The van der Waals surface area contributed by atoms with Gasteiger partial charge in [0.1, 0.15) is 17.9 Å². The molecule has 2 rings (SSSR count). The minimum atomic E-state index is -0.364. The second-order valence-corrected chi connectivity index (χ2v) is 6.89. The minimum absolute atomic E-state index is 0.0279. The summed E-state index contributed by atoms with van der Waals surface area (Å²) in [5, 5.41) is 0.870. The first-order valence-electron chi connectivity index (χ1n) is 8.76. The Morgan fingerprint density at radius 2 is 1.96 bits per heavy atom. The second kappa shape index (κ2) is 9.01. The molecule has 0 aliphatic heterocycles. The SMILES string of the molecule is COC(CCC(C)=CCOc1ccc2ccc(=O)oc2c1)C(C)(C)OC. The fraction of sp³-hybridized carbons (Fsp3) is 0.476. The second-order valence-electron chi connectivity index (χ2n) is 6.89. The van der Waals surface area contributed by atoms with E-state index in [9.17, 15) is 4.79 Å². The number of rotatable bonds is 9. The van der Waals surface area contributed by atoms with Crippen molar-refractivity contribution in [1.29, 1.82) is 0 Å². The monoisotopic (exact) mass is 360 g/mol. The molecule has 142 valence electrons. The van der Waals surface area contributed by atoms with E-state index in [-0.39, 0.29) is 17.3 Å². The van der Waals surface area contributed by atoms with Crippen LogP contribution in [0, 0.1) is 0 Å². The van der Waals surface area contributed by atoms with E-state index < -0.39 is 0 Å². The van der Waals surface area contributed by atoms with E-state index >= 15 is 0 Å². The van der Waals surface area contributed by atoms with Gasteiger partial charge in [0.25, 0.3) is 0 Å². The Balaban J connectivity index is 1.90. The number of benzene rings is 1. The Morgan fingerprint density at radius 1 is 1.23 bits per heavy atom. The number of allylic oxidation sites excluding steroid dienone is 1. The minimum Gasteiger partial charge on any atom is -0.489 e. The summed E-state index contributed by atoms with van der Waals surface area (Å²) < 4.78 is 22.0. The van der Waals surface area contributed by atoms with Crippen LogP contribution < -0.4 is 10.4 Å². The molecule has 5 nitrogen and oxygen atoms in total. The lowest BCUT2D eigenvalue weighted by Crippen LogP contribution is -2.39. The molecule has 5 heteroatoms. The maximum absolute atomic E-state index is 11.3. The van der Waals surface area contributed by atoms with Crippen LogP contribution in [0.1, 0.15) is 33.6 Å². The smallest absolute Gasteiger partial charge is 0.336 e. The first-order chi connectivity index (χ1) is 12.4. The van der Waals surface area contributed by atoms with Crippen molar-refractivity contribution >= 4 is 11.0 Å². The topological polar surface area (TPSA) is 57.9 Å². The van der Waals surface area contributed by atoms with Gasteiger partial charge in [-0.1, -0.05) is 5.57 Å². The van der Waals surface area contributed by atoms with E-state index in [0.29, 0.717) is 17.9 Å². The summed E-state index contributed by atoms with van der Waals surface area (Å²) >= 11 is 0. The first-order valence-corrected chi connectivity index (χ1v) is 8.76. The lowest BCUT2D eigenvalue weighted by Gasteiger charge is -2.32. The van der Waals surface area contributed by atoms with Gasteiger partial charge in [0, 0.05) is 31.7 Å². The molecule has 0 aliphatic carbocycles. The number of fused-ring (bicyclic) bond motifs is 1. The van der Waals surface area contributed by atoms with E-state index in [1.54, 1.807) is 26.4 Å². The van der Waals surface area contributed by atoms with E-state index in [4.69, 9.17) is 18.6 Å². The predicted octanol–water partition coefficient (Wildman–Crippen LogP) is 4.34. The Labute approximate surface area is 154 Å². The van der Waals surface area contributed by atoms with E-state index in [1.165, 1.54) is 11.6 Å². The Bertz CT molecular complexity index is 803. The summed E-state index contributed by atoms with van der Waals surface area (Å²) in [6.45, 7) is 6.60. The summed E-state index contributed by atoms with van der Waals surface area (Å²) in [6.07, 6.45) is 3.86. The lowest BCUT2D eigenvalue weighted by atomic mass is 9.95. The summed E-state index contributed by atoms with van der Waals surface area (Å²) in [6, 6.07) is 8.63. The van der Waals surface area contributed by atoms with Crippen molar-refractivity contribution in [2.24, 2.45) is 0 Å². The molecule has 0 amide bonds. The molecule has 1 atom stereocenters. The van der Waals surface area contributed by atoms with Gasteiger partial charge in [0.2, 0.25) is 0 Å². The van der Waals surface area contributed by atoms with Gasteiger partial charge in [-0.25, -0.2) is 4.79 Å². The maximum Gasteiger partial charge on any atom is 0.336 e. The summed E-state index contributed by atoms with van der Waals surface area (Å²) in [5.74, 6) is 0.672. The highest BCUT2D eigenvalue weighted by Gasteiger charge is 2.28. The summed E-state index contributed by atoms with van der Waals surface area (Å²) in [4.78, 5) is 11.3. The average molecular weight is 360 g/mol. The van der Waals surface area contributed by atoms with Gasteiger partial charge < -0.3 is 18.6 Å². The molecule has 1 unspecified atom stereocenters. The highest BCUT2D eigenvalue weighted by Crippen LogP contribution is 2.23. The molecule has 0 spiro atoms. The molecule has 0 aliphatic rings. The van der Waals surface area contributed by atoms with Gasteiger partial charge in [0.15, 0.2) is 0 Å². The van der Waals surface area contributed by atoms with Crippen LogP contribution in [0.2, 0.25) is 0 Å². The largest absolute Gasteiger partial charge is 0.489 e. The van der Waals surface area contributed by atoms with E-state index in [1.807, 2.05) is 26.0 Å². The van der Waals surface area contributed by atoms with Crippen molar-refractivity contribution in [1.82, 2.24) is 0 Å². The molecular weight excluding hydrogens is 332 g/mol. The van der Waals surface area contributed by atoms with Crippen molar-refractivity contribution in [3.63, 3.8) is 0 Å². The van der Waals surface area contributed by atoms with Crippen molar-refractivity contribution < 1.29 is 18.6 Å². The van der Waals surface area contributed by atoms with Crippen molar-refractivity contribution in [3.8, 4) is 5.75 Å². The summed E-state index contributed by atoms with van der Waals surface area (Å²) in [5.41, 5.74) is 1.07. The van der Waals surface area contributed by atoms with Crippen LogP contribution in [0.5, 0.6) is 5.75 Å². The Kier molecular flexibility index (Phi) is 7.00. The fourth-order valence-corrected chi connectivity index (χ4v) is 2.75. The number of hydrogen-bond donors (Lipinski definition) is 0. The van der Waals surface area contributed by atoms with Crippen LogP contribution in [0.3, 0.4) is 0 Å². The van der Waals surface area contributed by atoms with Crippen molar-refractivity contribution in [3.05, 3.63) is 52.4 Å². The van der Waals surface area contributed by atoms with Crippen molar-refractivity contribution in [2.45, 2.75) is 45.3 Å². The third-order valence-corrected chi connectivity index (χ3v) is 4.66. The van der Waals surface area contributed by atoms with Gasteiger partial charge in [-0.2, -0.15) is 0 Å². The van der Waals surface area contributed by atoms with Crippen LogP contribution in [0.25, 0.3) is 11.0 Å². The molecule has 0 saturated carbocycles. The quantitative estimate of drug-likeness (QED) is 0.492. The molecule has 1 aromatic carbocycles. The zero-order chi connectivity index (χ0) is 19.2. The molecule has 0 radical (unpaired) electrons. The molecule has 1 aromatic heterocycles. The highest BCUT2D eigenvalue weighted by molar-refractivity contribution is 5.77. The van der Waals surface area contributed by atoms with Gasteiger partial charge in [0.05, 0.1) is 11.7 Å². The van der Waals surface area contributed by atoms with Gasteiger partial charge in [-0.15, -0.1) is 0 Å². The van der Waals surface area contributed by atoms with Crippen molar-refractivity contribution in [2.75, 3.05) is 20.8 Å². The van der Waals surface area contributed by atoms with Crippen LogP contribution in [0.4, 0.5) is 0 Å². The van der Waals surface area contributed by atoms with Gasteiger partial charge in [-0.05, 0) is 57.9 Å². The zero-order valence-electron chi connectivity index (χ0n) is 16.2. The van der Waals surface area contributed by atoms with Crippen LogP contribution in [0.15, 0.2) is 51.2 Å².